The number of aromatic nitrogens is 2. The molecular weight excluding hydrogens is 438 g/mol. The van der Waals surface area contributed by atoms with Gasteiger partial charge in [0.05, 0.1) is 16.5 Å². The fraction of sp³-hybridized carbons (Fsp3) is 0.333. The van der Waals surface area contributed by atoms with Crippen molar-refractivity contribution in [2.75, 3.05) is 13.2 Å². The lowest BCUT2D eigenvalue weighted by Crippen LogP contribution is -2.24. The molecule has 2 aromatic carbocycles. The summed E-state index contributed by atoms with van der Waals surface area (Å²) in [6, 6.07) is 12.8. The zero-order valence-corrected chi connectivity index (χ0v) is 18.4. The van der Waals surface area contributed by atoms with Crippen molar-refractivity contribution in [3.63, 3.8) is 0 Å². The van der Waals surface area contributed by atoms with Crippen molar-refractivity contribution in [1.29, 1.82) is 0 Å². The molecule has 0 spiro atoms. The van der Waals surface area contributed by atoms with Gasteiger partial charge < -0.3 is 9.72 Å². The highest BCUT2D eigenvalue weighted by Gasteiger charge is 2.22. The molecule has 0 aliphatic heterocycles. The molecule has 0 unspecified atom stereocenters. The van der Waals surface area contributed by atoms with Gasteiger partial charge in [-0.2, -0.15) is 0 Å². The van der Waals surface area contributed by atoms with E-state index >= 15 is 0 Å². The van der Waals surface area contributed by atoms with Gasteiger partial charge >= 0.3 is 0 Å². The van der Waals surface area contributed by atoms with Gasteiger partial charge in [0.25, 0.3) is 5.56 Å². The Bertz CT molecular complexity index is 1050. The maximum atomic E-state index is 12.3. The van der Waals surface area contributed by atoms with Gasteiger partial charge in [-0.05, 0) is 47.5 Å². The van der Waals surface area contributed by atoms with Crippen molar-refractivity contribution in [2.24, 2.45) is 0 Å². The van der Waals surface area contributed by atoms with Crippen LogP contribution < -0.4 is 5.56 Å². The smallest absolute Gasteiger partial charge is 0.259 e. The molecule has 0 bridgehead atoms. The lowest BCUT2D eigenvalue weighted by Gasteiger charge is -2.25. The highest BCUT2D eigenvalue weighted by Crippen LogP contribution is 2.27. The molecule has 0 saturated heterocycles. The summed E-state index contributed by atoms with van der Waals surface area (Å²) in [6.45, 7) is 7.51. The molecule has 3 rings (SSSR count). The van der Waals surface area contributed by atoms with E-state index in [1.54, 1.807) is 12.1 Å². The van der Waals surface area contributed by atoms with E-state index in [0.717, 1.165) is 15.6 Å². The Kier molecular flexibility index (Phi) is 7.64. The maximum Gasteiger partial charge on any atom is 0.259 e. The molecule has 0 fully saturated rings. The van der Waals surface area contributed by atoms with Crippen LogP contribution in [0, 0.1) is 10.1 Å². The first-order chi connectivity index (χ1) is 13.8. The van der Waals surface area contributed by atoms with Crippen LogP contribution in [0.3, 0.4) is 0 Å². The van der Waals surface area contributed by atoms with Gasteiger partial charge in [-0.15, -0.1) is 0 Å². The van der Waals surface area contributed by atoms with Gasteiger partial charge in [0.15, 0.2) is 0 Å². The molecule has 1 heterocycles. The highest BCUT2D eigenvalue weighted by atomic mass is 79.9. The molecule has 29 heavy (non-hydrogen) atoms. The third kappa shape index (κ3) is 5.48. The fourth-order valence-electron chi connectivity index (χ4n) is 2.75. The third-order valence-electron chi connectivity index (χ3n) is 4.28. The Balaban J connectivity index is 0.00000145. The van der Waals surface area contributed by atoms with Crippen molar-refractivity contribution in [3.8, 4) is 11.4 Å². The fourth-order valence-corrected chi connectivity index (χ4v) is 3.21. The minimum Gasteiger partial charge on any atom is -0.364 e. The zero-order valence-electron chi connectivity index (χ0n) is 16.9. The number of nitrogens with zero attached hydrogens (tertiary/aromatic N) is 2. The van der Waals surface area contributed by atoms with E-state index in [2.05, 4.69) is 25.9 Å². The number of halogens is 1. The molecule has 7 nitrogen and oxygen atoms in total. The molecule has 1 aromatic heterocycles. The van der Waals surface area contributed by atoms with Crippen molar-refractivity contribution in [3.05, 3.63) is 73.0 Å². The van der Waals surface area contributed by atoms with Gasteiger partial charge in [-0.1, -0.05) is 44.2 Å². The molecule has 0 aliphatic carbocycles. The summed E-state index contributed by atoms with van der Waals surface area (Å²) in [7, 11) is 0. The highest BCUT2D eigenvalue weighted by molar-refractivity contribution is 9.10. The Morgan fingerprint density at radius 3 is 2.45 bits per heavy atom. The van der Waals surface area contributed by atoms with Gasteiger partial charge in [0, 0.05) is 15.0 Å². The van der Waals surface area contributed by atoms with Crippen LogP contribution in [0.5, 0.6) is 0 Å². The molecule has 8 heteroatoms. The van der Waals surface area contributed by atoms with E-state index in [1.807, 2.05) is 58.0 Å². The van der Waals surface area contributed by atoms with Crippen LogP contribution in [0.15, 0.2) is 51.7 Å². The van der Waals surface area contributed by atoms with Gasteiger partial charge in [-0.3, -0.25) is 14.9 Å². The van der Waals surface area contributed by atoms with Crippen LogP contribution in [0.2, 0.25) is 0 Å². The number of para-hydroxylation sites is 1. The van der Waals surface area contributed by atoms with E-state index in [1.165, 1.54) is 0 Å². The number of hydrogen-bond donors (Lipinski definition) is 1. The monoisotopic (exact) mass is 461 g/mol. The number of hydrogen-bond acceptors (Lipinski definition) is 5. The van der Waals surface area contributed by atoms with Crippen LogP contribution in [0.25, 0.3) is 22.3 Å². The van der Waals surface area contributed by atoms with Crippen LogP contribution in [0.4, 0.5) is 0 Å². The quantitative estimate of drug-likeness (QED) is 0.415. The number of rotatable bonds is 6. The topological polar surface area (TPSA) is 98.1 Å². The summed E-state index contributed by atoms with van der Waals surface area (Å²) < 4.78 is 6.40. The summed E-state index contributed by atoms with van der Waals surface area (Å²) in [5, 5.41) is 11.0. The van der Waals surface area contributed by atoms with Crippen LogP contribution in [-0.2, 0) is 10.3 Å². The normalized spacial score (nSPS) is 11.1. The Hall–Kier alpha value is -2.58. The predicted molar refractivity (Wildman–Crippen MR) is 118 cm³/mol. The van der Waals surface area contributed by atoms with E-state index in [0.29, 0.717) is 16.7 Å². The van der Waals surface area contributed by atoms with E-state index in [4.69, 9.17) is 4.74 Å². The standard InChI is InChI=1S/C19H18BrN3O4.C2H6/c1-19(2,27-11-10-23(25)26)13-8-6-12(7-9-13)17-21-16-14(18(24)22-17)4-3-5-15(16)20;1-2/h3-9H,10-11H2,1-2H3,(H,21,22,24);1-2H3. The molecule has 0 radical (unpaired) electrons. The largest absolute Gasteiger partial charge is 0.364 e. The first-order valence-electron chi connectivity index (χ1n) is 9.33. The predicted octanol–water partition coefficient (Wildman–Crippen LogP) is 4.91. The number of ether oxygens (including phenoxy) is 1. The Labute approximate surface area is 177 Å². The van der Waals surface area contributed by atoms with Crippen molar-refractivity contribution >= 4 is 26.8 Å². The number of nitro groups is 1. The number of H-pyrrole nitrogens is 1. The summed E-state index contributed by atoms with van der Waals surface area (Å²) >= 11 is 3.43. The lowest BCUT2D eigenvalue weighted by molar-refractivity contribution is -0.485. The molecule has 0 saturated carbocycles. The second-order valence-electron chi connectivity index (χ2n) is 6.54. The van der Waals surface area contributed by atoms with Gasteiger partial charge in [0.2, 0.25) is 6.54 Å². The second kappa shape index (κ2) is 9.76. The minimum absolute atomic E-state index is 0.0370. The Morgan fingerprint density at radius 1 is 1.17 bits per heavy atom. The summed E-state index contributed by atoms with van der Waals surface area (Å²) in [4.78, 5) is 29.7. The van der Waals surface area contributed by atoms with Crippen molar-refractivity contribution in [2.45, 2.75) is 33.3 Å². The van der Waals surface area contributed by atoms with Crippen molar-refractivity contribution in [1.82, 2.24) is 9.97 Å². The number of benzene rings is 2. The van der Waals surface area contributed by atoms with Gasteiger partial charge in [0.1, 0.15) is 12.4 Å². The average molecular weight is 462 g/mol. The van der Waals surface area contributed by atoms with Crippen LogP contribution in [0.1, 0.15) is 33.3 Å². The summed E-state index contributed by atoms with van der Waals surface area (Å²) in [5.41, 5.74) is 1.36. The van der Waals surface area contributed by atoms with Crippen molar-refractivity contribution < 1.29 is 9.66 Å². The van der Waals surface area contributed by atoms with E-state index < -0.39 is 10.5 Å². The molecule has 0 atom stereocenters. The number of nitrogens with one attached hydrogen (secondary N) is 1. The molecule has 1 N–H and O–H groups in total. The third-order valence-corrected chi connectivity index (χ3v) is 4.92. The van der Waals surface area contributed by atoms with Crippen LogP contribution in [-0.4, -0.2) is 28.0 Å². The number of aromatic amines is 1. The molecule has 154 valence electrons. The zero-order chi connectivity index (χ0) is 21.6. The number of fused-ring (bicyclic) bond motifs is 1. The van der Waals surface area contributed by atoms with E-state index in [-0.39, 0.29) is 18.7 Å². The first-order valence-corrected chi connectivity index (χ1v) is 10.1. The molecule has 3 aromatic rings. The molecule has 0 amide bonds. The molecular formula is C21H24BrN3O4. The maximum absolute atomic E-state index is 12.3. The lowest BCUT2D eigenvalue weighted by atomic mass is 9.96. The van der Waals surface area contributed by atoms with E-state index in [9.17, 15) is 14.9 Å². The first kappa shape index (κ1) is 22.7. The minimum atomic E-state index is -0.665. The van der Waals surface area contributed by atoms with Gasteiger partial charge in [-0.25, -0.2) is 4.98 Å². The summed E-state index contributed by atoms with van der Waals surface area (Å²) in [5.74, 6) is 0.470. The average Bonchev–Trinajstić information content (AvgIpc) is 2.70. The Morgan fingerprint density at radius 2 is 1.83 bits per heavy atom. The SMILES string of the molecule is CC.CC(C)(OCC[N+](=O)[O-])c1ccc(-c2nc3c(Br)cccc3c(=O)[nH]2)cc1. The summed E-state index contributed by atoms with van der Waals surface area (Å²) in [6.07, 6.45) is 0. The molecule has 0 aliphatic rings. The van der Waals surface area contributed by atoms with Crippen LogP contribution >= 0.6 is 15.9 Å². The second-order valence-corrected chi connectivity index (χ2v) is 7.40.